The van der Waals surface area contributed by atoms with Gasteiger partial charge in [0.15, 0.2) is 5.78 Å². The van der Waals surface area contributed by atoms with Crippen molar-refractivity contribution in [1.82, 2.24) is 0 Å². The molecular weight excluding hydrogens is 192 g/mol. The summed E-state index contributed by atoms with van der Waals surface area (Å²) in [5.74, 6) is 0.829. The molecule has 0 radical (unpaired) electrons. The van der Waals surface area contributed by atoms with Gasteiger partial charge < -0.3 is 9.47 Å². The highest BCUT2D eigenvalue weighted by atomic mass is 16.5. The van der Waals surface area contributed by atoms with Crippen LogP contribution in [0, 0.1) is 0 Å². The smallest absolute Gasteiger partial charge is 0.159 e. The summed E-state index contributed by atoms with van der Waals surface area (Å²) >= 11 is 0. The van der Waals surface area contributed by atoms with Crippen molar-refractivity contribution in [3.63, 3.8) is 0 Å². The molecule has 1 rings (SSSR count). The minimum Gasteiger partial charge on any atom is -0.491 e. The lowest BCUT2D eigenvalue weighted by Crippen LogP contribution is -2.06. The Balaban J connectivity index is 2.39. The van der Waals surface area contributed by atoms with E-state index in [0.717, 1.165) is 5.75 Å². The summed E-state index contributed by atoms with van der Waals surface area (Å²) in [6.07, 6.45) is 0. The molecule has 0 amide bonds. The first kappa shape index (κ1) is 11.7. The first-order valence-corrected chi connectivity index (χ1v) is 5.05. The zero-order valence-corrected chi connectivity index (χ0v) is 9.16. The second kappa shape index (κ2) is 6.19. The zero-order chi connectivity index (χ0) is 11.1. The molecule has 0 fully saturated rings. The number of benzene rings is 1. The quantitative estimate of drug-likeness (QED) is 0.531. The van der Waals surface area contributed by atoms with Gasteiger partial charge in [-0.15, -0.1) is 0 Å². The van der Waals surface area contributed by atoms with E-state index in [1.54, 1.807) is 31.2 Å². The largest absolute Gasteiger partial charge is 0.491 e. The topological polar surface area (TPSA) is 35.5 Å². The summed E-state index contributed by atoms with van der Waals surface area (Å²) in [4.78, 5) is 11.0. The van der Waals surface area contributed by atoms with Gasteiger partial charge in [0.1, 0.15) is 12.4 Å². The van der Waals surface area contributed by atoms with Crippen LogP contribution in [0.25, 0.3) is 0 Å². The Hall–Kier alpha value is -1.35. The third-order valence-corrected chi connectivity index (χ3v) is 1.96. The Labute approximate surface area is 90.0 Å². The van der Waals surface area contributed by atoms with Gasteiger partial charge in [0.25, 0.3) is 0 Å². The molecule has 0 spiro atoms. The summed E-state index contributed by atoms with van der Waals surface area (Å²) in [7, 11) is 0. The highest BCUT2D eigenvalue weighted by molar-refractivity contribution is 5.94. The maximum absolute atomic E-state index is 11.0. The van der Waals surface area contributed by atoms with E-state index in [0.29, 0.717) is 25.4 Å². The SMILES string of the molecule is CCOCCOc1ccc(C(C)=O)cc1. The molecule has 0 unspecified atom stereocenters. The van der Waals surface area contributed by atoms with Gasteiger partial charge in [0.2, 0.25) is 0 Å². The molecule has 0 atom stereocenters. The van der Waals surface area contributed by atoms with Gasteiger partial charge in [0.05, 0.1) is 6.61 Å². The van der Waals surface area contributed by atoms with Crippen LogP contribution in [0.3, 0.4) is 0 Å². The summed E-state index contributed by atoms with van der Waals surface area (Å²) in [5, 5.41) is 0. The molecule has 3 heteroatoms. The molecular formula is C12H16O3. The highest BCUT2D eigenvalue weighted by Gasteiger charge is 1.98. The molecule has 3 nitrogen and oxygen atoms in total. The van der Waals surface area contributed by atoms with E-state index in [2.05, 4.69) is 0 Å². The van der Waals surface area contributed by atoms with Crippen LogP contribution in [0.2, 0.25) is 0 Å². The van der Waals surface area contributed by atoms with Crippen molar-refractivity contribution in [2.75, 3.05) is 19.8 Å². The molecule has 0 N–H and O–H groups in total. The molecule has 0 aliphatic rings. The van der Waals surface area contributed by atoms with Gasteiger partial charge in [-0.05, 0) is 38.1 Å². The Morgan fingerprint density at radius 3 is 2.40 bits per heavy atom. The summed E-state index contributed by atoms with van der Waals surface area (Å²) in [6.45, 7) is 5.32. The number of hydrogen-bond acceptors (Lipinski definition) is 3. The third-order valence-electron chi connectivity index (χ3n) is 1.96. The Morgan fingerprint density at radius 1 is 1.20 bits per heavy atom. The second-order valence-corrected chi connectivity index (χ2v) is 3.13. The van der Waals surface area contributed by atoms with Gasteiger partial charge in [-0.2, -0.15) is 0 Å². The fourth-order valence-corrected chi connectivity index (χ4v) is 1.15. The average Bonchev–Trinajstić information content (AvgIpc) is 2.25. The molecule has 82 valence electrons. The Kier molecular flexibility index (Phi) is 4.84. The maximum Gasteiger partial charge on any atom is 0.159 e. The van der Waals surface area contributed by atoms with Crippen molar-refractivity contribution < 1.29 is 14.3 Å². The summed E-state index contributed by atoms with van der Waals surface area (Å²) < 4.78 is 10.5. The first-order chi connectivity index (χ1) is 7.24. The minimum atomic E-state index is 0.0656. The standard InChI is InChI=1S/C12H16O3/c1-3-14-8-9-15-12-6-4-11(5-7-12)10(2)13/h4-7H,3,8-9H2,1-2H3. The number of carbonyl (C=O) groups is 1. The Bertz CT molecular complexity index is 303. The number of ether oxygens (including phenoxy) is 2. The van der Waals surface area contributed by atoms with E-state index in [9.17, 15) is 4.79 Å². The lowest BCUT2D eigenvalue weighted by Gasteiger charge is -2.06. The molecule has 0 aliphatic carbocycles. The van der Waals surface area contributed by atoms with Crippen LogP contribution in [-0.4, -0.2) is 25.6 Å². The predicted octanol–water partition coefficient (Wildman–Crippen LogP) is 2.30. The van der Waals surface area contributed by atoms with Crippen LogP contribution < -0.4 is 4.74 Å². The molecule has 0 aromatic heterocycles. The molecule has 0 saturated heterocycles. The van der Waals surface area contributed by atoms with Crippen LogP contribution in [0.15, 0.2) is 24.3 Å². The molecule has 0 saturated carbocycles. The Morgan fingerprint density at radius 2 is 1.87 bits per heavy atom. The van der Waals surface area contributed by atoms with E-state index in [-0.39, 0.29) is 5.78 Å². The minimum absolute atomic E-state index is 0.0656. The van der Waals surface area contributed by atoms with Crippen LogP contribution in [0.5, 0.6) is 5.75 Å². The van der Waals surface area contributed by atoms with Crippen molar-refractivity contribution in [2.24, 2.45) is 0 Å². The maximum atomic E-state index is 11.0. The van der Waals surface area contributed by atoms with E-state index < -0.39 is 0 Å². The van der Waals surface area contributed by atoms with Gasteiger partial charge in [0, 0.05) is 12.2 Å². The zero-order valence-electron chi connectivity index (χ0n) is 9.16. The lowest BCUT2D eigenvalue weighted by molar-refractivity contribution is 0.101. The van der Waals surface area contributed by atoms with E-state index >= 15 is 0 Å². The van der Waals surface area contributed by atoms with Crippen molar-refractivity contribution in [3.8, 4) is 5.75 Å². The fraction of sp³-hybridized carbons (Fsp3) is 0.417. The summed E-state index contributed by atoms with van der Waals surface area (Å²) in [6, 6.07) is 7.11. The van der Waals surface area contributed by atoms with E-state index in [1.807, 2.05) is 6.92 Å². The average molecular weight is 208 g/mol. The van der Waals surface area contributed by atoms with E-state index in [4.69, 9.17) is 9.47 Å². The summed E-state index contributed by atoms with van der Waals surface area (Å²) in [5.41, 5.74) is 0.701. The number of Topliss-reactive ketones (excluding diaryl/α,β-unsaturated/α-hetero) is 1. The monoisotopic (exact) mass is 208 g/mol. The molecule has 0 heterocycles. The first-order valence-electron chi connectivity index (χ1n) is 5.05. The lowest BCUT2D eigenvalue weighted by atomic mass is 10.1. The second-order valence-electron chi connectivity index (χ2n) is 3.13. The van der Waals surface area contributed by atoms with Crippen molar-refractivity contribution >= 4 is 5.78 Å². The molecule has 1 aromatic carbocycles. The van der Waals surface area contributed by atoms with Crippen LogP contribution >= 0.6 is 0 Å². The number of hydrogen-bond donors (Lipinski definition) is 0. The number of ketones is 1. The van der Waals surface area contributed by atoms with Gasteiger partial charge in [-0.1, -0.05) is 0 Å². The molecule has 0 aliphatic heterocycles. The van der Waals surface area contributed by atoms with Crippen molar-refractivity contribution in [2.45, 2.75) is 13.8 Å². The van der Waals surface area contributed by atoms with Crippen LogP contribution in [0.4, 0.5) is 0 Å². The predicted molar refractivity (Wildman–Crippen MR) is 58.4 cm³/mol. The fourth-order valence-electron chi connectivity index (χ4n) is 1.15. The van der Waals surface area contributed by atoms with Gasteiger partial charge in [-0.25, -0.2) is 0 Å². The van der Waals surface area contributed by atoms with E-state index in [1.165, 1.54) is 0 Å². The molecule has 15 heavy (non-hydrogen) atoms. The van der Waals surface area contributed by atoms with Gasteiger partial charge in [-0.3, -0.25) is 4.79 Å². The molecule has 0 bridgehead atoms. The van der Waals surface area contributed by atoms with Crippen molar-refractivity contribution in [1.29, 1.82) is 0 Å². The van der Waals surface area contributed by atoms with Gasteiger partial charge >= 0.3 is 0 Å². The third kappa shape index (κ3) is 4.13. The molecule has 1 aromatic rings. The highest BCUT2D eigenvalue weighted by Crippen LogP contribution is 2.12. The number of rotatable bonds is 6. The van der Waals surface area contributed by atoms with Crippen molar-refractivity contribution in [3.05, 3.63) is 29.8 Å². The van der Waals surface area contributed by atoms with Crippen LogP contribution in [0.1, 0.15) is 24.2 Å². The number of carbonyl (C=O) groups excluding carboxylic acids is 1. The normalized spacial score (nSPS) is 10.0. The van der Waals surface area contributed by atoms with Crippen LogP contribution in [-0.2, 0) is 4.74 Å².